The summed E-state index contributed by atoms with van der Waals surface area (Å²) in [5.74, 6) is 0.100. The monoisotopic (exact) mass is 285 g/mol. The maximum absolute atomic E-state index is 11.7. The lowest BCUT2D eigenvalue weighted by atomic mass is 9.97. The normalized spacial score (nSPS) is 15.7. The van der Waals surface area contributed by atoms with Gasteiger partial charge in [0.15, 0.2) is 0 Å². The fourth-order valence-electron chi connectivity index (χ4n) is 2.46. The van der Waals surface area contributed by atoms with E-state index < -0.39 is 12.3 Å². The predicted octanol–water partition coefficient (Wildman–Crippen LogP) is 2.54. The first-order valence-electron chi connectivity index (χ1n) is 6.57. The third-order valence-electron chi connectivity index (χ3n) is 3.54. The van der Waals surface area contributed by atoms with E-state index in [-0.39, 0.29) is 0 Å². The molecular weight excluding hydrogens is 270 g/mol. The predicted molar refractivity (Wildman–Crippen MR) is 76.1 cm³/mol. The van der Waals surface area contributed by atoms with Gasteiger partial charge in [0.25, 0.3) is 0 Å². The number of ether oxygens (including phenoxy) is 2. The highest BCUT2D eigenvalue weighted by molar-refractivity contribution is 5.91. The second-order valence-corrected chi connectivity index (χ2v) is 5.02. The number of nitrogens with zero attached hydrogens (tertiary/aromatic N) is 1. The van der Waals surface area contributed by atoms with Gasteiger partial charge in [-0.3, -0.25) is 4.98 Å². The van der Waals surface area contributed by atoms with Gasteiger partial charge in [0.1, 0.15) is 5.75 Å². The van der Waals surface area contributed by atoms with Crippen molar-refractivity contribution in [2.24, 2.45) is 0 Å². The van der Waals surface area contributed by atoms with Crippen molar-refractivity contribution >= 4 is 5.97 Å². The van der Waals surface area contributed by atoms with Crippen LogP contribution in [0, 0.1) is 13.8 Å². The molecule has 2 heterocycles. The number of methoxy groups -OCH3 is 1. The van der Waals surface area contributed by atoms with Gasteiger partial charge in [-0.1, -0.05) is 11.6 Å². The number of pyridine rings is 1. The van der Waals surface area contributed by atoms with Gasteiger partial charge >= 0.3 is 5.97 Å². The average molecular weight is 285 g/mol. The van der Waals surface area contributed by atoms with E-state index in [2.05, 4.69) is 4.98 Å². The summed E-state index contributed by atoms with van der Waals surface area (Å²) in [4.78, 5) is 16.2. The third kappa shape index (κ3) is 2.15. The van der Waals surface area contributed by atoms with Crippen molar-refractivity contribution in [3.63, 3.8) is 0 Å². The van der Waals surface area contributed by atoms with Crippen LogP contribution in [0.1, 0.15) is 33.5 Å². The number of hydrogen-bond donors (Lipinski definition) is 1. The van der Waals surface area contributed by atoms with Crippen LogP contribution in [-0.4, -0.2) is 23.2 Å². The number of carbonyl (C=O) groups is 1. The molecule has 5 nitrogen and oxygen atoms in total. The fraction of sp³-hybridized carbons (Fsp3) is 0.250. The lowest BCUT2D eigenvalue weighted by Gasteiger charge is -2.25. The van der Waals surface area contributed by atoms with Crippen molar-refractivity contribution in [3.05, 3.63) is 46.6 Å². The molecule has 21 heavy (non-hydrogen) atoms. The Labute approximate surface area is 122 Å². The number of rotatable bonds is 1. The van der Waals surface area contributed by atoms with Gasteiger partial charge < -0.3 is 14.6 Å². The molecule has 0 saturated carbocycles. The zero-order valence-electron chi connectivity index (χ0n) is 12.0. The van der Waals surface area contributed by atoms with Gasteiger partial charge in [0, 0.05) is 11.1 Å². The minimum absolute atomic E-state index is 0.329. The largest absolute Gasteiger partial charge is 0.465 e. The van der Waals surface area contributed by atoms with Gasteiger partial charge in [-0.2, -0.15) is 0 Å². The Balaban J connectivity index is 2.24. The molecule has 2 aromatic rings. The highest BCUT2D eigenvalue weighted by atomic mass is 16.6. The van der Waals surface area contributed by atoms with E-state index >= 15 is 0 Å². The first-order valence-corrected chi connectivity index (χ1v) is 6.57. The van der Waals surface area contributed by atoms with Gasteiger partial charge in [0.05, 0.1) is 24.1 Å². The molecule has 1 aliphatic heterocycles. The summed E-state index contributed by atoms with van der Waals surface area (Å²) in [5, 5.41) is 10.1. The SMILES string of the molecule is COC(=O)c1cc2c(nc1C)-c1cc(C)ccc1O[C@H]2O. The van der Waals surface area contributed by atoms with Crippen LogP contribution < -0.4 is 4.74 Å². The average Bonchev–Trinajstić information content (AvgIpc) is 2.47. The minimum Gasteiger partial charge on any atom is -0.465 e. The molecule has 1 aliphatic rings. The van der Waals surface area contributed by atoms with Crippen LogP contribution in [0.4, 0.5) is 0 Å². The van der Waals surface area contributed by atoms with Gasteiger partial charge in [0.2, 0.25) is 6.29 Å². The summed E-state index contributed by atoms with van der Waals surface area (Å²) in [6, 6.07) is 7.25. The summed E-state index contributed by atoms with van der Waals surface area (Å²) in [7, 11) is 1.31. The topological polar surface area (TPSA) is 68.7 Å². The van der Waals surface area contributed by atoms with Crippen LogP contribution in [0.15, 0.2) is 24.3 Å². The number of hydrogen-bond acceptors (Lipinski definition) is 5. The Morgan fingerprint density at radius 1 is 1.33 bits per heavy atom. The quantitative estimate of drug-likeness (QED) is 0.815. The van der Waals surface area contributed by atoms with Gasteiger partial charge in [-0.15, -0.1) is 0 Å². The second kappa shape index (κ2) is 4.86. The van der Waals surface area contributed by atoms with Crippen molar-refractivity contribution < 1.29 is 19.4 Å². The smallest absolute Gasteiger partial charge is 0.339 e. The van der Waals surface area contributed by atoms with Crippen molar-refractivity contribution in [2.75, 3.05) is 7.11 Å². The zero-order valence-corrected chi connectivity index (χ0v) is 12.0. The maximum Gasteiger partial charge on any atom is 0.339 e. The third-order valence-corrected chi connectivity index (χ3v) is 3.54. The van der Waals surface area contributed by atoms with E-state index in [1.165, 1.54) is 7.11 Å². The molecule has 0 amide bonds. The number of benzene rings is 1. The Morgan fingerprint density at radius 2 is 2.10 bits per heavy atom. The molecule has 108 valence electrons. The van der Waals surface area contributed by atoms with E-state index in [9.17, 15) is 9.90 Å². The van der Waals surface area contributed by atoms with Crippen molar-refractivity contribution in [1.29, 1.82) is 0 Å². The van der Waals surface area contributed by atoms with Crippen molar-refractivity contribution in [3.8, 4) is 17.0 Å². The molecule has 3 rings (SSSR count). The van der Waals surface area contributed by atoms with E-state index in [0.717, 1.165) is 11.1 Å². The number of aliphatic hydroxyl groups excluding tert-OH is 1. The Hall–Kier alpha value is -2.40. The number of esters is 1. The van der Waals surface area contributed by atoms with E-state index in [1.54, 1.807) is 13.0 Å². The molecule has 0 radical (unpaired) electrons. The molecule has 5 heteroatoms. The minimum atomic E-state index is -1.15. The number of aliphatic hydroxyl groups is 1. The highest BCUT2D eigenvalue weighted by Crippen LogP contribution is 2.41. The molecule has 0 fully saturated rings. The van der Waals surface area contributed by atoms with Crippen LogP contribution >= 0.6 is 0 Å². The molecule has 1 aromatic carbocycles. The van der Waals surface area contributed by atoms with Crippen LogP contribution in [0.3, 0.4) is 0 Å². The Bertz CT molecular complexity index is 739. The Morgan fingerprint density at radius 3 is 2.81 bits per heavy atom. The summed E-state index contributed by atoms with van der Waals surface area (Å²) < 4.78 is 10.2. The first kappa shape index (κ1) is 13.6. The highest BCUT2D eigenvalue weighted by Gasteiger charge is 2.28. The lowest BCUT2D eigenvalue weighted by molar-refractivity contribution is -0.0217. The summed E-state index contributed by atoms with van der Waals surface area (Å²) in [6.45, 7) is 3.71. The summed E-state index contributed by atoms with van der Waals surface area (Å²) in [6.07, 6.45) is -1.15. The Kier molecular flexibility index (Phi) is 3.14. The molecule has 0 aliphatic carbocycles. The molecule has 0 bridgehead atoms. The van der Waals surface area contributed by atoms with E-state index in [4.69, 9.17) is 9.47 Å². The summed E-state index contributed by atoms with van der Waals surface area (Å²) >= 11 is 0. The van der Waals surface area contributed by atoms with Crippen molar-refractivity contribution in [2.45, 2.75) is 20.1 Å². The van der Waals surface area contributed by atoms with Gasteiger partial charge in [-0.05, 0) is 32.0 Å². The molecule has 1 aromatic heterocycles. The van der Waals surface area contributed by atoms with Crippen LogP contribution in [-0.2, 0) is 4.74 Å². The number of aryl methyl sites for hydroxylation is 2. The van der Waals surface area contributed by atoms with Crippen molar-refractivity contribution in [1.82, 2.24) is 4.98 Å². The van der Waals surface area contributed by atoms with E-state index in [0.29, 0.717) is 28.3 Å². The maximum atomic E-state index is 11.7. The van der Waals surface area contributed by atoms with Gasteiger partial charge in [-0.25, -0.2) is 4.79 Å². The number of fused-ring (bicyclic) bond motifs is 3. The van der Waals surface area contributed by atoms with Crippen LogP contribution in [0.5, 0.6) is 5.75 Å². The molecule has 0 spiro atoms. The molecule has 1 atom stereocenters. The molecule has 0 saturated heterocycles. The standard InChI is InChI=1S/C16H15NO4/c1-8-4-5-13-11(6-8)14-12(16(19)21-13)7-10(9(2)17-14)15(18)20-3/h4-7,16,19H,1-3H3/t16-/m1/s1. The van der Waals surface area contributed by atoms with Crippen LogP contribution in [0.2, 0.25) is 0 Å². The fourth-order valence-corrected chi connectivity index (χ4v) is 2.46. The number of aromatic nitrogens is 1. The van der Waals surface area contributed by atoms with E-state index in [1.807, 2.05) is 25.1 Å². The molecule has 1 N–H and O–H groups in total. The molecule has 0 unspecified atom stereocenters. The zero-order chi connectivity index (χ0) is 15.1. The molecular formula is C16H15NO4. The first-order chi connectivity index (χ1) is 10.0. The lowest BCUT2D eigenvalue weighted by Crippen LogP contribution is -2.17. The summed E-state index contributed by atoms with van der Waals surface area (Å²) in [5.41, 5.74) is 3.87. The van der Waals surface area contributed by atoms with Crippen LogP contribution in [0.25, 0.3) is 11.3 Å². The second-order valence-electron chi connectivity index (χ2n) is 5.02. The number of carbonyl (C=O) groups excluding carboxylic acids is 1.